The molecular weight excluding hydrogens is 438 g/mol. The number of carbonyl (C=O) groups excluding carboxylic acids is 2. The van der Waals surface area contributed by atoms with Crippen molar-refractivity contribution in [1.82, 2.24) is 0 Å². The number of hydrogen-bond donors (Lipinski definition) is 0. The average molecular weight is 458 g/mol. The molecule has 1 heterocycles. The van der Waals surface area contributed by atoms with Crippen LogP contribution in [0.25, 0.3) is 43.1 Å². The van der Waals surface area contributed by atoms with Gasteiger partial charge in [-0.15, -0.1) is 23.5 Å². The van der Waals surface area contributed by atoms with Gasteiger partial charge in [0.1, 0.15) is 0 Å². The maximum Gasteiger partial charge on any atom is 0.346 e. The first-order valence-corrected chi connectivity index (χ1v) is 12.7. The summed E-state index contributed by atoms with van der Waals surface area (Å²) in [6.45, 7) is 0. The highest BCUT2D eigenvalue weighted by Crippen LogP contribution is 2.50. The molecule has 0 atom stereocenters. The zero-order valence-electron chi connectivity index (χ0n) is 18.0. The average Bonchev–Trinajstić information content (AvgIpc) is 2.79. The normalized spacial score (nSPS) is 13.6. The molecule has 0 fully saturated rings. The number of carbonyl (C=O) groups is 2. The van der Waals surface area contributed by atoms with Gasteiger partial charge in [-0.1, -0.05) is 24.3 Å². The smallest absolute Gasteiger partial charge is 0.346 e. The molecule has 0 bridgehead atoms. The van der Waals surface area contributed by atoms with Gasteiger partial charge in [-0.25, -0.2) is 9.59 Å². The molecule has 0 amide bonds. The van der Waals surface area contributed by atoms with Crippen LogP contribution in [0.15, 0.2) is 52.3 Å². The molecule has 6 heteroatoms. The predicted molar refractivity (Wildman–Crippen MR) is 135 cm³/mol. The fraction of sp³-hybridized carbons (Fsp3) is 0.154. The maximum absolute atomic E-state index is 12.7. The van der Waals surface area contributed by atoms with Gasteiger partial charge in [0.2, 0.25) is 0 Å². The quantitative estimate of drug-likeness (QED) is 0.101. The molecule has 5 aromatic carbocycles. The minimum atomic E-state index is -0.570. The van der Waals surface area contributed by atoms with E-state index in [-0.39, 0.29) is 0 Å². The molecule has 158 valence electrons. The Bertz CT molecular complexity index is 1560. The van der Waals surface area contributed by atoms with Crippen LogP contribution in [0.3, 0.4) is 0 Å². The van der Waals surface area contributed by atoms with Gasteiger partial charge in [-0.05, 0) is 46.9 Å². The van der Waals surface area contributed by atoms with Crippen molar-refractivity contribution < 1.29 is 14.3 Å². The van der Waals surface area contributed by atoms with Crippen LogP contribution >= 0.6 is 23.5 Å². The molecular formula is C26H19NO3S2. The number of nitrogens with zero attached hydrogens (tertiary/aromatic N) is 1. The largest absolute Gasteiger partial charge is 0.386 e. The lowest BCUT2D eigenvalue weighted by molar-refractivity contribution is 0.0391. The van der Waals surface area contributed by atoms with Crippen molar-refractivity contribution in [2.45, 2.75) is 9.79 Å². The number of fused-ring (bicyclic) bond motifs is 2. The second-order valence-corrected chi connectivity index (χ2v) is 9.88. The highest BCUT2D eigenvalue weighted by molar-refractivity contribution is 7.99. The van der Waals surface area contributed by atoms with Crippen LogP contribution < -0.4 is 4.90 Å². The van der Waals surface area contributed by atoms with E-state index in [1.807, 2.05) is 24.6 Å². The minimum Gasteiger partial charge on any atom is -0.386 e. The number of thioether (sulfide) groups is 2. The van der Waals surface area contributed by atoms with Gasteiger partial charge < -0.3 is 9.64 Å². The molecule has 0 radical (unpaired) electrons. The van der Waals surface area contributed by atoms with Gasteiger partial charge in [0.15, 0.2) is 0 Å². The molecule has 0 N–H and O–H groups in total. The predicted octanol–water partition coefficient (Wildman–Crippen LogP) is 6.56. The van der Waals surface area contributed by atoms with Crippen LogP contribution in [0.2, 0.25) is 0 Å². The molecule has 0 unspecified atom stereocenters. The number of ether oxygens (including phenoxy) is 1. The third-order valence-electron chi connectivity index (χ3n) is 6.44. The van der Waals surface area contributed by atoms with E-state index in [1.54, 1.807) is 23.5 Å². The first-order valence-electron chi connectivity index (χ1n) is 10.2. The van der Waals surface area contributed by atoms with Crippen molar-refractivity contribution in [2.75, 3.05) is 31.5 Å². The summed E-state index contributed by atoms with van der Waals surface area (Å²) in [6, 6.07) is 14.5. The molecule has 0 aromatic heterocycles. The summed E-state index contributed by atoms with van der Waals surface area (Å²) in [5.41, 5.74) is 2.10. The highest BCUT2D eigenvalue weighted by atomic mass is 32.2. The van der Waals surface area contributed by atoms with Gasteiger partial charge >= 0.3 is 11.9 Å². The summed E-state index contributed by atoms with van der Waals surface area (Å²) in [5, 5.41) is 8.57. The van der Waals surface area contributed by atoms with Crippen molar-refractivity contribution >= 4 is 84.2 Å². The van der Waals surface area contributed by atoms with Crippen molar-refractivity contribution in [3.63, 3.8) is 0 Å². The van der Waals surface area contributed by atoms with Gasteiger partial charge in [0, 0.05) is 56.5 Å². The zero-order valence-corrected chi connectivity index (χ0v) is 19.7. The number of rotatable bonds is 3. The molecule has 1 aliphatic rings. The van der Waals surface area contributed by atoms with E-state index < -0.39 is 11.9 Å². The van der Waals surface area contributed by atoms with Crippen LogP contribution in [0, 0.1) is 0 Å². The van der Waals surface area contributed by atoms with E-state index in [0.717, 1.165) is 42.4 Å². The van der Waals surface area contributed by atoms with Gasteiger partial charge in [-0.2, -0.15) is 0 Å². The summed E-state index contributed by atoms with van der Waals surface area (Å²) < 4.78 is 5.10. The SMILES string of the molecule is CSc1cc2c3c(cc(SC)c4c5ccc(N(C)C)c6cccc(c1c34)c65)C(=O)OC2=O. The Hall–Kier alpha value is -2.96. The Balaban J connectivity index is 2.02. The first kappa shape index (κ1) is 19.7. The van der Waals surface area contributed by atoms with Crippen LogP contribution in [0.4, 0.5) is 5.69 Å². The monoisotopic (exact) mass is 457 g/mol. The van der Waals surface area contributed by atoms with Crippen LogP contribution in [0.1, 0.15) is 20.7 Å². The van der Waals surface area contributed by atoms with Crippen molar-refractivity contribution in [3.8, 4) is 0 Å². The van der Waals surface area contributed by atoms with E-state index in [4.69, 9.17) is 4.74 Å². The summed E-state index contributed by atoms with van der Waals surface area (Å²) in [4.78, 5) is 29.6. The Kier molecular flexibility index (Phi) is 4.17. The van der Waals surface area contributed by atoms with E-state index in [2.05, 4.69) is 49.3 Å². The topological polar surface area (TPSA) is 46.6 Å². The second kappa shape index (κ2) is 6.77. The summed E-state index contributed by atoms with van der Waals surface area (Å²) in [5.74, 6) is -1.14. The molecule has 0 saturated heterocycles. The molecule has 6 rings (SSSR count). The van der Waals surface area contributed by atoms with Gasteiger partial charge in [0.25, 0.3) is 0 Å². The summed E-state index contributed by atoms with van der Waals surface area (Å²) in [6.07, 6.45) is 4.04. The standard InChI is InChI=1S/C26H19NO3S2/c1-27(2)17-9-8-14-20-12(17)6-5-7-13(20)22-18(31-3)10-15-21-16(26(29)30-25(15)28)11-19(32-4)23(14)24(21)22/h5-11H,1-4H3. The molecule has 32 heavy (non-hydrogen) atoms. The molecule has 4 nitrogen and oxygen atoms in total. The van der Waals surface area contributed by atoms with Crippen LogP contribution in [0.5, 0.6) is 0 Å². The Morgan fingerprint density at radius 2 is 1.25 bits per heavy atom. The van der Waals surface area contributed by atoms with Crippen molar-refractivity contribution in [1.29, 1.82) is 0 Å². The zero-order chi connectivity index (χ0) is 22.3. The minimum absolute atomic E-state index is 0.470. The Morgan fingerprint density at radius 3 is 1.81 bits per heavy atom. The Morgan fingerprint density at radius 1 is 0.688 bits per heavy atom. The van der Waals surface area contributed by atoms with E-state index in [0.29, 0.717) is 16.5 Å². The van der Waals surface area contributed by atoms with E-state index in [9.17, 15) is 9.59 Å². The number of anilines is 1. The molecule has 0 saturated carbocycles. The lowest BCUT2D eigenvalue weighted by Gasteiger charge is -2.25. The maximum atomic E-state index is 12.7. The van der Waals surface area contributed by atoms with Crippen LogP contribution in [-0.2, 0) is 4.74 Å². The number of esters is 2. The first-order chi connectivity index (χ1) is 15.5. The lowest BCUT2D eigenvalue weighted by Crippen LogP contribution is -2.20. The molecule has 0 aliphatic carbocycles. The van der Waals surface area contributed by atoms with E-state index in [1.165, 1.54) is 10.8 Å². The van der Waals surface area contributed by atoms with Gasteiger partial charge in [0.05, 0.1) is 11.1 Å². The number of cyclic esters (lactones) is 2. The highest BCUT2D eigenvalue weighted by Gasteiger charge is 2.32. The molecule has 5 aromatic rings. The third kappa shape index (κ3) is 2.37. The number of benzene rings is 5. The lowest BCUT2D eigenvalue weighted by atomic mass is 9.85. The van der Waals surface area contributed by atoms with Crippen molar-refractivity contribution in [3.05, 3.63) is 53.6 Å². The van der Waals surface area contributed by atoms with Gasteiger partial charge in [-0.3, -0.25) is 0 Å². The van der Waals surface area contributed by atoms with E-state index >= 15 is 0 Å². The second-order valence-electron chi connectivity index (χ2n) is 8.18. The Labute approximate surface area is 193 Å². The summed E-state index contributed by atoms with van der Waals surface area (Å²) >= 11 is 3.23. The van der Waals surface area contributed by atoms with Crippen LogP contribution in [-0.4, -0.2) is 38.5 Å². The molecule has 1 aliphatic heterocycles. The summed E-state index contributed by atoms with van der Waals surface area (Å²) in [7, 11) is 4.12. The molecule has 0 spiro atoms. The number of hydrogen-bond acceptors (Lipinski definition) is 6. The third-order valence-corrected chi connectivity index (χ3v) is 7.96. The fourth-order valence-electron chi connectivity index (χ4n) is 5.16. The fourth-order valence-corrected chi connectivity index (χ4v) is 6.46. The van der Waals surface area contributed by atoms with Crippen molar-refractivity contribution in [2.24, 2.45) is 0 Å².